The number of hydrogen-bond acceptors (Lipinski definition) is 4. The minimum Gasteiger partial charge on any atom is -0.303 e. The molecule has 0 spiro atoms. The highest BCUT2D eigenvalue weighted by Crippen LogP contribution is 2.13. The maximum Gasteiger partial charge on any atom is 0.125 e. The number of hydrogen-bond donors (Lipinski definition) is 0. The second kappa shape index (κ2) is 5.37. The van der Waals surface area contributed by atoms with Crippen molar-refractivity contribution < 1.29 is 4.79 Å². The smallest absolute Gasteiger partial charge is 0.125 e. The van der Waals surface area contributed by atoms with E-state index in [0.29, 0.717) is 6.42 Å². The average molecular weight is 224 g/mol. The van der Waals surface area contributed by atoms with Crippen LogP contribution >= 0.6 is 11.3 Å². The monoisotopic (exact) mass is 224 g/mol. The molecule has 0 atom stereocenters. The molecule has 1 aromatic rings. The number of nitrogens with zero attached hydrogens (tertiary/aromatic N) is 2. The summed E-state index contributed by atoms with van der Waals surface area (Å²) in [6, 6.07) is 0. The van der Waals surface area contributed by atoms with Crippen LogP contribution in [0.4, 0.5) is 0 Å². The molecule has 1 aromatic heterocycles. The number of thiazole rings is 1. The van der Waals surface area contributed by atoms with Gasteiger partial charge in [0.1, 0.15) is 6.29 Å². The molecule has 0 saturated carbocycles. The molecule has 0 bridgehead atoms. The van der Waals surface area contributed by atoms with Crippen LogP contribution in [0.5, 0.6) is 0 Å². The largest absolute Gasteiger partial charge is 0.303 e. The van der Waals surface area contributed by atoms with Crippen molar-refractivity contribution in [1.82, 2.24) is 9.88 Å². The molecule has 2 rings (SSSR count). The van der Waals surface area contributed by atoms with Gasteiger partial charge in [-0.05, 0) is 25.9 Å². The first-order valence-electron chi connectivity index (χ1n) is 5.48. The summed E-state index contributed by atoms with van der Waals surface area (Å²) in [4.78, 5) is 17.2. The van der Waals surface area contributed by atoms with E-state index in [2.05, 4.69) is 9.88 Å². The van der Waals surface area contributed by atoms with Crippen LogP contribution in [0.1, 0.15) is 23.5 Å². The Hall–Kier alpha value is -0.740. The maximum atomic E-state index is 10.3. The minimum absolute atomic E-state index is 0.459. The van der Waals surface area contributed by atoms with Gasteiger partial charge in [0.05, 0.1) is 10.7 Å². The Labute approximate surface area is 94.1 Å². The zero-order valence-corrected chi connectivity index (χ0v) is 9.63. The number of rotatable bonds is 5. The standard InChI is InChI=1S/C11H16N2OS/c14-8-4-10-9-15-11(12-10)3-7-13-5-1-2-6-13/h8-9H,1-7H2. The highest BCUT2D eigenvalue weighted by Gasteiger charge is 2.11. The van der Waals surface area contributed by atoms with Crippen molar-refractivity contribution in [2.75, 3.05) is 19.6 Å². The van der Waals surface area contributed by atoms with Crippen LogP contribution in [0.2, 0.25) is 0 Å². The first-order valence-corrected chi connectivity index (χ1v) is 6.36. The average Bonchev–Trinajstić information content (AvgIpc) is 2.85. The summed E-state index contributed by atoms with van der Waals surface area (Å²) in [5.74, 6) is 0. The van der Waals surface area contributed by atoms with E-state index in [1.165, 1.54) is 30.9 Å². The van der Waals surface area contributed by atoms with E-state index < -0.39 is 0 Å². The number of carbonyl (C=O) groups excluding carboxylic acids is 1. The molecule has 3 nitrogen and oxygen atoms in total. The van der Waals surface area contributed by atoms with Gasteiger partial charge in [0, 0.05) is 24.8 Å². The molecule has 0 aromatic carbocycles. The fourth-order valence-corrected chi connectivity index (χ4v) is 2.70. The van der Waals surface area contributed by atoms with Crippen molar-refractivity contribution in [1.29, 1.82) is 0 Å². The van der Waals surface area contributed by atoms with E-state index in [1.54, 1.807) is 11.3 Å². The molecule has 0 unspecified atom stereocenters. The quantitative estimate of drug-likeness (QED) is 0.711. The summed E-state index contributed by atoms with van der Waals surface area (Å²) in [5.41, 5.74) is 0.923. The van der Waals surface area contributed by atoms with Crippen LogP contribution in [0.3, 0.4) is 0 Å². The van der Waals surface area contributed by atoms with Crippen LogP contribution in [-0.4, -0.2) is 35.8 Å². The topological polar surface area (TPSA) is 33.2 Å². The predicted octanol–water partition coefficient (Wildman–Crippen LogP) is 1.52. The normalized spacial score (nSPS) is 17.1. The second-order valence-electron chi connectivity index (χ2n) is 3.90. The van der Waals surface area contributed by atoms with Crippen molar-refractivity contribution in [2.45, 2.75) is 25.7 Å². The lowest BCUT2D eigenvalue weighted by Gasteiger charge is -2.12. The molecular formula is C11H16N2OS. The Morgan fingerprint density at radius 3 is 3.00 bits per heavy atom. The van der Waals surface area contributed by atoms with Gasteiger partial charge < -0.3 is 9.69 Å². The number of aldehydes is 1. The lowest BCUT2D eigenvalue weighted by molar-refractivity contribution is -0.107. The van der Waals surface area contributed by atoms with Crippen LogP contribution in [0.15, 0.2) is 5.38 Å². The van der Waals surface area contributed by atoms with E-state index in [4.69, 9.17) is 0 Å². The van der Waals surface area contributed by atoms with Gasteiger partial charge >= 0.3 is 0 Å². The Balaban J connectivity index is 1.79. The second-order valence-corrected chi connectivity index (χ2v) is 4.84. The molecule has 4 heteroatoms. The summed E-state index contributed by atoms with van der Waals surface area (Å²) in [6.45, 7) is 3.60. The van der Waals surface area contributed by atoms with Gasteiger partial charge in [-0.2, -0.15) is 0 Å². The van der Waals surface area contributed by atoms with Crippen LogP contribution in [0.25, 0.3) is 0 Å². The molecule has 1 aliphatic heterocycles. The first-order chi connectivity index (χ1) is 7.38. The minimum atomic E-state index is 0.459. The third-order valence-corrected chi connectivity index (χ3v) is 3.69. The molecule has 0 aliphatic carbocycles. The van der Waals surface area contributed by atoms with Crippen molar-refractivity contribution in [3.8, 4) is 0 Å². The molecule has 0 N–H and O–H groups in total. The maximum absolute atomic E-state index is 10.3. The summed E-state index contributed by atoms with van der Waals surface area (Å²) < 4.78 is 0. The van der Waals surface area contributed by atoms with Crippen LogP contribution < -0.4 is 0 Å². The molecule has 15 heavy (non-hydrogen) atoms. The lowest BCUT2D eigenvalue weighted by atomic mass is 10.3. The van der Waals surface area contributed by atoms with E-state index in [1.807, 2.05) is 5.38 Å². The Bertz CT molecular complexity index is 318. The van der Waals surface area contributed by atoms with Crippen molar-refractivity contribution >= 4 is 17.6 Å². The van der Waals surface area contributed by atoms with Crippen LogP contribution in [0, 0.1) is 0 Å². The molecule has 0 amide bonds. The zero-order valence-electron chi connectivity index (χ0n) is 8.82. The predicted molar refractivity (Wildman–Crippen MR) is 61.3 cm³/mol. The Morgan fingerprint density at radius 2 is 2.27 bits per heavy atom. The molecule has 82 valence electrons. The Morgan fingerprint density at radius 1 is 1.47 bits per heavy atom. The van der Waals surface area contributed by atoms with Crippen molar-refractivity contribution in [3.63, 3.8) is 0 Å². The van der Waals surface area contributed by atoms with Gasteiger partial charge in [-0.25, -0.2) is 4.98 Å². The van der Waals surface area contributed by atoms with Gasteiger partial charge in [-0.3, -0.25) is 0 Å². The number of likely N-dealkylation sites (tertiary alicyclic amines) is 1. The van der Waals surface area contributed by atoms with Gasteiger partial charge in [0.25, 0.3) is 0 Å². The fourth-order valence-electron chi connectivity index (χ4n) is 1.90. The SMILES string of the molecule is O=CCc1csc(CCN2CCCC2)n1. The number of carbonyl (C=O) groups is 1. The van der Waals surface area contributed by atoms with Gasteiger partial charge in [-0.1, -0.05) is 0 Å². The molecule has 1 fully saturated rings. The summed E-state index contributed by atoms with van der Waals surface area (Å²) >= 11 is 1.68. The molecular weight excluding hydrogens is 208 g/mol. The molecule has 1 saturated heterocycles. The third-order valence-electron chi connectivity index (χ3n) is 2.73. The van der Waals surface area contributed by atoms with E-state index in [-0.39, 0.29) is 0 Å². The highest BCUT2D eigenvalue weighted by atomic mass is 32.1. The van der Waals surface area contributed by atoms with E-state index >= 15 is 0 Å². The van der Waals surface area contributed by atoms with Crippen molar-refractivity contribution in [3.05, 3.63) is 16.1 Å². The summed E-state index contributed by atoms with van der Waals surface area (Å²) in [6.07, 6.45) is 5.09. The van der Waals surface area contributed by atoms with E-state index in [0.717, 1.165) is 24.9 Å². The molecule has 1 aliphatic rings. The fraction of sp³-hybridized carbons (Fsp3) is 0.636. The number of aromatic nitrogens is 1. The first kappa shape index (κ1) is 10.8. The van der Waals surface area contributed by atoms with E-state index in [9.17, 15) is 4.79 Å². The van der Waals surface area contributed by atoms with Gasteiger partial charge in [0.2, 0.25) is 0 Å². The summed E-state index contributed by atoms with van der Waals surface area (Å²) in [5, 5.41) is 3.16. The zero-order chi connectivity index (χ0) is 10.5. The van der Waals surface area contributed by atoms with Crippen molar-refractivity contribution in [2.24, 2.45) is 0 Å². The van der Waals surface area contributed by atoms with Crippen LogP contribution in [-0.2, 0) is 17.6 Å². The third kappa shape index (κ3) is 3.11. The molecule has 2 heterocycles. The molecule has 0 radical (unpaired) electrons. The lowest BCUT2D eigenvalue weighted by Crippen LogP contribution is -2.21. The summed E-state index contributed by atoms with van der Waals surface area (Å²) in [7, 11) is 0. The highest BCUT2D eigenvalue weighted by molar-refractivity contribution is 7.09. The van der Waals surface area contributed by atoms with Gasteiger partial charge in [0.15, 0.2) is 0 Å². The Kier molecular flexibility index (Phi) is 3.86. The van der Waals surface area contributed by atoms with Gasteiger partial charge in [-0.15, -0.1) is 11.3 Å².